The lowest BCUT2D eigenvalue weighted by molar-refractivity contribution is 1.30. The highest BCUT2D eigenvalue weighted by Crippen LogP contribution is 2.33. The lowest BCUT2D eigenvalue weighted by Gasteiger charge is -2.03. The summed E-state index contributed by atoms with van der Waals surface area (Å²) in [4.78, 5) is 2.25. The maximum atomic E-state index is 6.12. The molecule has 0 aliphatic rings. The fourth-order valence-corrected chi connectivity index (χ4v) is 3.78. The summed E-state index contributed by atoms with van der Waals surface area (Å²) in [7, 11) is 0. The second-order valence-electron chi connectivity index (χ2n) is 3.67. The Bertz CT molecular complexity index is 626. The van der Waals surface area contributed by atoms with Crippen LogP contribution in [0.2, 0.25) is 10.0 Å². The molecule has 0 spiro atoms. The second kappa shape index (κ2) is 7.23. The van der Waals surface area contributed by atoms with Crippen LogP contribution in [0.15, 0.2) is 34.5 Å². The highest BCUT2D eigenvalue weighted by molar-refractivity contribution is 7.98. The van der Waals surface area contributed by atoms with Gasteiger partial charge in [-0.2, -0.15) is 0 Å². The molecule has 0 amide bonds. The van der Waals surface area contributed by atoms with Gasteiger partial charge in [-0.05, 0) is 24.3 Å². The number of halogens is 2. The van der Waals surface area contributed by atoms with E-state index in [4.69, 9.17) is 28.9 Å². The van der Waals surface area contributed by atoms with E-state index in [1.807, 2.05) is 17.5 Å². The predicted molar refractivity (Wildman–Crippen MR) is 86.3 cm³/mol. The topological polar surface area (TPSA) is 26.0 Å². The first-order chi connectivity index (χ1) is 9.19. The molecular weight excluding hydrogens is 317 g/mol. The van der Waals surface area contributed by atoms with Crippen LogP contribution in [0.3, 0.4) is 0 Å². The average Bonchev–Trinajstić information content (AvgIpc) is 2.85. The Morgan fingerprint density at radius 1 is 1.26 bits per heavy atom. The molecule has 0 radical (unpaired) electrons. The quantitative estimate of drug-likeness (QED) is 0.655. The lowest BCUT2D eigenvalue weighted by Crippen LogP contribution is -1.92. The summed E-state index contributed by atoms with van der Waals surface area (Å²) in [6.45, 7) is 0.387. The SMILES string of the molecule is NCC#Cc1csc(CSc2cc(Cl)ccc2Cl)c1. The number of thioether (sulfide) groups is 1. The summed E-state index contributed by atoms with van der Waals surface area (Å²) in [5, 5.41) is 3.47. The maximum absolute atomic E-state index is 6.12. The number of hydrogen-bond acceptors (Lipinski definition) is 3. The minimum Gasteiger partial charge on any atom is -0.320 e. The summed E-state index contributed by atoms with van der Waals surface area (Å²) < 4.78 is 0. The minimum absolute atomic E-state index is 0.387. The first-order valence-electron chi connectivity index (χ1n) is 5.53. The third-order valence-corrected chi connectivity index (χ3v) is 5.15. The predicted octanol–water partition coefficient (Wildman–Crippen LogP) is 4.66. The van der Waals surface area contributed by atoms with Crippen molar-refractivity contribution in [1.29, 1.82) is 0 Å². The number of hydrogen-bond donors (Lipinski definition) is 1. The first-order valence-corrected chi connectivity index (χ1v) is 8.15. The number of nitrogens with two attached hydrogens (primary N) is 1. The van der Waals surface area contributed by atoms with Gasteiger partial charge in [-0.1, -0.05) is 35.0 Å². The van der Waals surface area contributed by atoms with Gasteiger partial charge in [0.2, 0.25) is 0 Å². The van der Waals surface area contributed by atoms with Gasteiger partial charge >= 0.3 is 0 Å². The van der Waals surface area contributed by atoms with Gasteiger partial charge in [0.05, 0.1) is 11.6 Å². The lowest BCUT2D eigenvalue weighted by atomic mass is 10.3. The van der Waals surface area contributed by atoms with E-state index < -0.39 is 0 Å². The van der Waals surface area contributed by atoms with Crippen molar-refractivity contribution in [3.05, 3.63) is 50.1 Å². The molecule has 1 nitrogen and oxygen atoms in total. The van der Waals surface area contributed by atoms with Crippen molar-refractivity contribution < 1.29 is 0 Å². The molecule has 0 aliphatic heterocycles. The molecule has 5 heteroatoms. The van der Waals surface area contributed by atoms with Crippen molar-refractivity contribution in [2.45, 2.75) is 10.6 Å². The highest BCUT2D eigenvalue weighted by Gasteiger charge is 2.04. The molecule has 0 atom stereocenters. The molecule has 1 heterocycles. The van der Waals surface area contributed by atoms with E-state index in [1.165, 1.54) is 4.88 Å². The van der Waals surface area contributed by atoms with Gasteiger partial charge in [0.1, 0.15) is 0 Å². The third-order valence-electron chi connectivity index (χ3n) is 2.25. The van der Waals surface area contributed by atoms with Crippen molar-refractivity contribution in [2.75, 3.05) is 6.54 Å². The Morgan fingerprint density at radius 2 is 2.11 bits per heavy atom. The van der Waals surface area contributed by atoms with Crippen molar-refractivity contribution in [1.82, 2.24) is 0 Å². The van der Waals surface area contributed by atoms with Crippen molar-refractivity contribution in [3.8, 4) is 11.8 Å². The second-order valence-corrected chi connectivity index (χ2v) is 6.53. The van der Waals surface area contributed by atoms with Gasteiger partial charge in [-0.15, -0.1) is 23.1 Å². The van der Waals surface area contributed by atoms with Crippen molar-refractivity contribution in [2.24, 2.45) is 5.73 Å². The molecule has 1 aromatic heterocycles. The molecule has 98 valence electrons. The zero-order chi connectivity index (χ0) is 13.7. The first kappa shape index (κ1) is 14.8. The Labute approximate surface area is 131 Å². The highest BCUT2D eigenvalue weighted by atomic mass is 35.5. The molecule has 0 saturated carbocycles. The number of rotatable bonds is 3. The van der Waals surface area contributed by atoms with Crippen LogP contribution in [-0.2, 0) is 5.75 Å². The molecule has 1 aromatic carbocycles. The van der Waals surface area contributed by atoms with Gasteiger partial charge in [-0.25, -0.2) is 0 Å². The monoisotopic (exact) mass is 327 g/mol. The summed E-state index contributed by atoms with van der Waals surface area (Å²) in [6, 6.07) is 7.58. The minimum atomic E-state index is 0.387. The zero-order valence-corrected chi connectivity index (χ0v) is 13.1. The van der Waals surface area contributed by atoms with Crippen LogP contribution in [0.25, 0.3) is 0 Å². The van der Waals surface area contributed by atoms with Crippen molar-refractivity contribution in [3.63, 3.8) is 0 Å². The molecule has 0 saturated heterocycles. The molecule has 0 fully saturated rings. The molecule has 0 aliphatic carbocycles. The van der Waals surface area contributed by atoms with Crippen LogP contribution in [0, 0.1) is 11.8 Å². The summed E-state index contributed by atoms with van der Waals surface area (Å²) >= 11 is 15.4. The Morgan fingerprint density at radius 3 is 2.89 bits per heavy atom. The van der Waals surface area contributed by atoms with Gasteiger partial charge in [0.15, 0.2) is 0 Å². The van der Waals surface area contributed by atoms with E-state index >= 15 is 0 Å². The van der Waals surface area contributed by atoms with Crippen molar-refractivity contribution >= 4 is 46.3 Å². The standard InChI is InChI=1S/C14H11Cl2NS2/c15-11-3-4-13(16)14(7-11)19-9-12-6-10(8-18-12)2-1-5-17/h3-4,6-8H,5,9,17H2. The fourth-order valence-electron chi connectivity index (χ4n) is 1.41. The normalized spacial score (nSPS) is 10.1. The Kier molecular flexibility index (Phi) is 5.62. The number of benzene rings is 1. The molecule has 19 heavy (non-hydrogen) atoms. The van der Waals surface area contributed by atoms with Crippen LogP contribution in [0.1, 0.15) is 10.4 Å². The Balaban J connectivity index is 2.02. The van der Waals surface area contributed by atoms with E-state index in [2.05, 4.69) is 17.9 Å². The molecule has 2 aromatic rings. The molecular formula is C14H11Cl2NS2. The molecule has 2 N–H and O–H groups in total. The Hall–Kier alpha value is -0.630. The molecule has 2 rings (SSSR count). The van der Waals surface area contributed by atoms with Crippen LogP contribution in [0.5, 0.6) is 0 Å². The summed E-state index contributed by atoms with van der Waals surface area (Å²) in [5.41, 5.74) is 6.36. The fraction of sp³-hybridized carbons (Fsp3) is 0.143. The van der Waals surface area contributed by atoms with E-state index in [-0.39, 0.29) is 0 Å². The van der Waals surface area contributed by atoms with Crippen LogP contribution >= 0.6 is 46.3 Å². The van der Waals surface area contributed by atoms with Gasteiger partial charge < -0.3 is 5.73 Å². The van der Waals surface area contributed by atoms with Gasteiger partial charge in [0.25, 0.3) is 0 Å². The maximum Gasteiger partial charge on any atom is 0.0555 e. The summed E-state index contributed by atoms with van der Waals surface area (Å²) in [6.07, 6.45) is 0. The van der Waals surface area contributed by atoms with Gasteiger partial charge in [-0.3, -0.25) is 0 Å². The van der Waals surface area contributed by atoms with Gasteiger partial charge in [0, 0.05) is 31.5 Å². The zero-order valence-electron chi connectivity index (χ0n) is 9.95. The van der Waals surface area contributed by atoms with Crippen LogP contribution < -0.4 is 5.73 Å². The molecule has 0 unspecified atom stereocenters. The van der Waals surface area contributed by atoms with E-state index in [0.717, 1.165) is 21.2 Å². The molecule has 0 bridgehead atoms. The summed E-state index contributed by atoms with van der Waals surface area (Å²) in [5.74, 6) is 6.73. The van der Waals surface area contributed by atoms with E-state index in [9.17, 15) is 0 Å². The van der Waals surface area contributed by atoms with E-state index in [0.29, 0.717) is 11.6 Å². The van der Waals surface area contributed by atoms with Crippen LogP contribution in [-0.4, -0.2) is 6.54 Å². The largest absolute Gasteiger partial charge is 0.320 e. The third kappa shape index (κ3) is 4.45. The average molecular weight is 328 g/mol. The van der Waals surface area contributed by atoms with Crippen LogP contribution in [0.4, 0.5) is 0 Å². The smallest absolute Gasteiger partial charge is 0.0555 e. The van der Waals surface area contributed by atoms with E-state index in [1.54, 1.807) is 29.2 Å². The number of thiophene rings is 1.